The Bertz CT molecular complexity index is 826. The first-order valence-electron chi connectivity index (χ1n) is 6.33. The fourth-order valence-electron chi connectivity index (χ4n) is 2.03. The van der Waals surface area contributed by atoms with Gasteiger partial charge in [0, 0.05) is 19.4 Å². The van der Waals surface area contributed by atoms with Crippen LogP contribution in [0.2, 0.25) is 0 Å². The van der Waals surface area contributed by atoms with Crippen molar-refractivity contribution in [2.24, 2.45) is 0 Å². The van der Waals surface area contributed by atoms with Crippen LogP contribution in [0.3, 0.4) is 0 Å². The molecule has 1 aromatic heterocycles. The highest BCUT2D eigenvalue weighted by atomic mass is 32.2. The van der Waals surface area contributed by atoms with Crippen molar-refractivity contribution < 1.29 is 26.2 Å². The smallest absolute Gasteiger partial charge is 0.243 e. The minimum atomic E-state index is -4.99. The summed E-state index contributed by atoms with van der Waals surface area (Å²) < 4.78 is 87.2. The Morgan fingerprint density at radius 3 is 2.25 bits per heavy atom. The van der Waals surface area contributed by atoms with Gasteiger partial charge in [-0.2, -0.15) is 13.2 Å². The summed E-state index contributed by atoms with van der Waals surface area (Å²) in [5, 5.41) is 0. The Hall–Kier alpha value is -2.14. The van der Waals surface area contributed by atoms with Gasteiger partial charge in [-0.3, -0.25) is 0 Å². The maximum absolute atomic E-state index is 13.4. The number of hydrogen-bond acceptors (Lipinski definition) is 4. The molecule has 0 saturated carbocycles. The quantitative estimate of drug-likeness (QED) is 0.844. The van der Waals surface area contributed by atoms with Gasteiger partial charge in [0.2, 0.25) is 0 Å². The second kappa shape index (κ2) is 6.40. The minimum Gasteiger partial charge on any atom is -0.243 e. The average molecular weight is 366 g/mol. The van der Waals surface area contributed by atoms with Crippen LogP contribution in [0.15, 0.2) is 41.8 Å². The Kier molecular flexibility index (Phi) is 4.85. The SMILES string of the molecule is CN([C@H](c1ccc(F)c(F)c1)C(F)(F)F)[S@@](=N)(=O)c1cncnc1. The topological polar surface area (TPSA) is 69.9 Å². The molecule has 11 heteroatoms. The normalized spacial score (nSPS) is 16.0. The van der Waals surface area contributed by atoms with E-state index in [1.807, 2.05) is 0 Å². The van der Waals surface area contributed by atoms with E-state index in [0.29, 0.717) is 12.1 Å². The van der Waals surface area contributed by atoms with Gasteiger partial charge in [0.25, 0.3) is 0 Å². The molecule has 0 fully saturated rings. The lowest BCUT2D eigenvalue weighted by Crippen LogP contribution is -2.39. The van der Waals surface area contributed by atoms with Crippen LogP contribution in [0, 0.1) is 16.4 Å². The first kappa shape index (κ1) is 18.2. The molecule has 0 amide bonds. The fourth-order valence-corrected chi connectivity index (χ4v) is 3.31. The molecule has 0 spiro atoms. The van der Waals surface area contributed by atoms with Crippen molar-refractivity contribution in [1.82, 2.24) is 14.3 Å². The number of aromatic nitrogens is 2. The highest BCUT2D eigenvalue weighted by Gasteiger charge is 2.47. The molecule has 1 aromatic carbocycles. The van der Waals surface area contributed by atoms with Gasteiger partial charge in [0.05, 0.1) is 4.90 Å². The van der Waals surface area contributed by atoms with Gasteiger partial charge in [0.15, 0.2) is 11.6 Å². The molecule has 2 rings (SSSR count). The predicted molar refractivity (Wildman–Crippen MR) is 74.1 cm³/mol. The van der Waals surface area contributed by atoms with Crippen molar-refractivity contribution in [1.29, 1.82) is 4.78 Å². The molecule has 2 atom stereocenters. The van der Waals surface area contributed by atoms with Crippen molar-refractivity contribution in [3.05, 3.63) is 54.1 Å². The Morgan fingerprint density at radius 2 is 1.75 bits per heavy atom. The number of halogens is 5. The van der Waals surface area contributed by atoms with Crippen LogP contribution in [-0.2, 0) is 9.92 Å². The second-order valence-electron chi connectivity index (χ2n) is 4.76. The zero-order valence-corrected chi connectivity index (χ0v) is 12.9. The van der Waals surface area contributed by atoms with Crippen molar-refractivity contribution in [2.75, 3.05) is 7.05 Å². The van der Waals surface area contributed by atoms with Crippen molar-refractivity contribution in [3.8, 4) is 0 Å². The third-order valence-electron chi connectivity index (χ3n) is 3.19. The van der Waals surface area contributed by atoms with E-state index < -0.39 is 39.3 Å². The van der Waals surface area contributed by atoms with Crippen LogP contribution < -0.4 is 0 Å². The fraction of sp³-hybridized carbons (Fsp3) is 0.231. The van der Waals surface area contributed by atoms with Crippen LogP contribution in [0.4, 0.5) is 22.0 Å². The third kappa shape index (κ3) is 3.51. The van der Waals surface area contributed by atoms with Gasteiger partial charge in [-0.05, 0) is 17.7 Å². The van der Waals surface area contributed by atoms with Crippen LogP contribution in [0.5, 0.6) is 0 Å². The van der Waals surface area contributed by atoms with Gasteiger partial charge in [-0.1, -0.05) is 6.07 Å². The summed E-state index contributed by atoms with van der Waals surface area (Å²) >= 11 is 0. The molecule has 24 heavy (non-hydrogen) atoms. The molecule has 0 aliphatic carbocycles. The lowest BCUT2D eigenvalue weighted by Gasteiger charge is -2.31. The van der Waals surface area contributed by atoms with E-state index in [-0.39, 0.29) is 9.20 Å². The molecule has 1 N–H and O–H groups in total. The molecule has 130 valence electrons. The maximum atomic E-state index is 13.4. The van der Waals surface area contributed by atoms with Gasteiger partial charge in [0.1, 0.15) is 22.3 Å². The molecule has 1 heterocycles. The number of nitrogens with zero attached hydrogens (tertiary/aromatic N) is 3. The predicted octanol–water partition coefficient (Wildman–Crippen LogP) is 3.31. The molecule has 5 nitrogen and oxygen atoms in total. The summed E-state index contributed by atoms with van der Waals surface area (Å²) in [7, 11) is -3.31. The summed E-state index contributed by atoms with van der Waals surface area (Å²) in [5.41, 5.74) is -0.680. The first-order valence-corrected chi connectivity index (χ1v) is 7.85. The maximum Gasteiger partial charge on any atom is 0.409 e. The van der Waals surface area contributed by atoms with Crippen molar-refractivity contribution in [3.63, 3.8) is 0 Å². The van der Waals surface area contributed by atoms with E-state index >= 15 is 0 Å². The van der Waals surface area contributed by atoms with Crippen LogP contribution in [0.25, 0.3) is 0 Å². The van der Waals surface area contributed by atoms with Gasteiger partial charge in [-0.25, -0.2) is 32.0 Å². The lowest BCUT2D eigenvalue weighted by molar-refractivity contribution is -0.170. The Morgan fingerprint density at radius 1 is 1.17 bits per heavy atom. The van der Waals surface area contributed by atoms with Crippen LogP contribution in [0.1, 0.15) is 11.6 Å². The standard InChI is InChI=1S/C13H11F5N4OS/c1-22(24(19,23)9-5-20-7-21-6-9)12(13(16,17)18)8-2-3-10(14)11(15)4-8/h2-7,12,19H,1H3/t12-,24-/m1/s1. The molecular formula is C13H11F5N4OS. The van der Waals surface area contributed by atoms with Crippen molar-refractivity contribution >= 4 is 9.92 Å². The summed E-state index contributed by atoms with van der Waals surface area (Å²) in [6.07, 6.45) is -2.01. The van der Waals surface area contributed by atoms with E-state index in [9.17, 15) is 26.2 Å². The third-order valence-corrected chi connectivity index (χ3v) is 5.07. The number of nitrogens with one attached hydrogen (secondary N) is 1. The molecule has 0 saturated heterocycles. The van der Waals surface area contributed by atoms with Crippen molar-refractivity contribution in [2.45, 2.75) is 17.1 Å². The summed E-state index contributed by atoms with van der Waals surface area (Å²) in [6, 6.07) is -0.961. The van der Waals surface area contributed by atoms with E-state index in [1.165, 1.54) is 0 Å². The minimum absolute atomic E-state index is 0.234. The highest BCUT2D eigenvalue weighted by Crippen LogP contribution is 2.39. The summed E-state index contributed by atoms with van der Waals surface area (Å²) in [6.45, 7) is 0. The van der Waals surface area contributed by atoms with E-state index in [2.05, 4.69) is 9.97 Å². The molecule has 0 bridgehead atoms. The highest BCUT2D eigenvalue weighted by molar-refractivity contribution is 7.90. The summed E-state index contributed by atoms with van der Waals surface area (Å²) in [5.74, 6) is -2.79. The number of alkyl halides is 3. The van der Waals surface area contributed by atoms with Gasteiger partial charge < -0.3 is 0 Å². The second-order valence-corrected chi connectivity index (χ2v) is 6.86. The van der Waals surface area contributed by atoms with Gasteiger partial charge >= 0.3 is 6.18 Å². The van der Waals surface area contributed by atoms with E-state index in [4.69, 9.17) is 4.78 Å². The number of benzene rings is 1. The van der Waals surface area contributed by atoms with Crippen LogP contribution in [-0.4, -0.2) is 31.7 Å². The molecule has 0 unspecified atom stereocenters. The average Bonchev–Trinajstić information content (AvgIpc) is 2.50. The molecule has 0 aliphatic heterocycles. The first-order chi connectivity index (χ1) is 11.0. The Labute approximate surface area is 134 Å². The molecular weight excluding hydrogens is 355 g/mol. The van der Waals surface area contributed by atoms with Crippen LogP contribution >= 0.6 is 0 Å². The van der Waals surface area contributed by atoms with Gasteiger partial charge in [-0.15, -0.1) is 0 Å². The van der Waals surface area contributed by atoms with E-state index in [1.54, 1.807) is 0 Å². The largest absolute Gasteiger partial charge is 0.409 e. The zero-order chi connectivity index (χ0) is 18.1. The lowest BCUT2D eigenvalue weighted by atomic mass is 10.1. The number of rotatable bonds is 4. The molecule has 0 aliphatic rings. The monoisotopic (exact) mass is 366 g/mol. The molecule has 2 aromatic rings. The molecule has 0 radical (unpaired) electrons. The number of hydrogen-bond donors (Lipinski definition) is 1. The summed E-state index contributed by atoms with van der Waals surface area (Å²) in [4.78, 5) is 6.71. The van der Waals surface area contributed by atoms with E-state index in [0.717, 1.165) is 31.8 Å². The Balaban J connectivity index is 2.54. The zero-order valence-electron chi connectivity index (χ0n) is 12.1.